The van der Waals surface area contributed by atoms with Gasteiger partial charge in [-0.1, -0.05) is 0 Å². The molecule has 2 heterocycles. The Morgan fingerprint density at radius 2 is 2.41 bits per heavy atom. The zero-order chi connectivity index (χ0) is 11.4. The average Bonchev–Trinajstić information content (AvgIpc) is 2.61. The van der Waals surface area contributed by atoms with Crippen LogP contribution < -0.4 is 5.32 Å². The monoisotopic (exact) mass is 259 g/mol. The predicted molar refractivity (Wildman–Crippen MR) is 66.4 cm³/mol. The number of ether oxygens (including phenoxy) is 1. The molecule has 0 spiro atoms. The van der Waals surface area contributed by atoms with Gasteiger partial charge in [-0.05, 0) is 32.4 Å². The summed E-state index contributed by atoms with van der Waals surface area (Å²) in [6.07, 6.45) is 2.23. The fraction of sp³-hybridized carbons (Fsp3) is 0.636. The van der Waals surface area contributed by atoms with Gasteiger partial charge in [0.2, 0.25) is 0 Å². The molecule has 0 aliphatic carbocycles. The first-order chi connectivity index (χ1) is 7.81. The van der Waals surface area contributed by atoms with E-state index in [1.165, 1.54) is 0 Å². The number of aryl methyl sites for hydroxylation is 1. The molecule has 1 aromatic rings. The van der Waals surface area contributed by atoms with Crippen LogP contribution in [0.1, 0.15) is 35.9 Å². The van der Waals surface area contributed by atoms with E-state index in [0.717, 1.165) is 38.2 Å². The van der Waals surface area contributed by atoms with Crippen LogP contribution in [0.25, 0.3) is 0 Å². The van der Waals surface area contributed by atoms with Crippen molar-refractivity contribution in [2.75, 3.05) is 13.2 Å². The molecule has 6 heteroatoms. The summed E-state index contributed by atoms with van der Waals surface area (Å²) in [5.74, 6) is -0.332. The Morgan fingerprint density at radius 1 is 1.59 bits per heavy atom. The van der Waals surface area contributed by atoms with Crippen LogP contribution in [-0.2, 0) is 17.8 Å². The summed E-state index contributed by atoms with van der Waals surface area (Å²) in [7, 11) is 0. The Bertz CT molecular complexity index is 353. The lowest BCUT2D eigenvalue weighted by Crippen LogP contribution is -2.21. The van der Waals surface area contributed by atoms with Gasteiger partial charge in [-0.3, -0.25) is 4.68 Å². The van der Waals surface area contributed by atoms with E-state index in [1.807, 2.05) is 10.7 Å². The van der Waals surface area contributed by atoms with E-state index < -0.39 is 0 Å². The summed E-state index contributed by atoms with van der Waals surface area (Å²) in [6.45, 7) is 4.87. The molecule has 0 radical (unpaired) electrons. The first-order valence-electron chi connectivity index (χ1n) is 5.76. The molecule has 1 aliphatic rings. The lowest BCUT2D eigenvalue weighted by molar-refractivity contribution is 0.0518. The van der Waals surface area contributed by atoms with Crippen LogP contribution in [-0.4, -0.2) is 28.9 Å². The lowest BCUT2D eigenvalue weighted by Gasteiger charge is -2.12. The van der Waals surface area contributed by atoms with Gasteiger partial charge in [-0.15, -0.1) is 12.4 Å². The maximum absolute atomic E-state index is 11.5. The van der Waals surface area contributed by atoms with Gasteiger partial charge >= 0.3 is 5.97 Å². The molecule has 0 unspecified atom stereocenters. The van der Waals surface area contributed by atoms with Crippen molar-refractivity contribution in [3.05, 3.63) is 17.5 Å². The number of rotatable bonds is 2. The molecule has 0 bridgehead atoms. The third-order valence-electron chi connectivity index (χ3n) is 2.63. The second-order valence-electron chi connectivity index (χ2n) is 3.85. The fourth-order valence-corrected chi connectivity index (χ4v) is 1.82. The standard InChI is InChI=1S/C11H17N3O2.ClH/c1-2-16-11(15)10-7-9-8-12-5-3-4-6-14(9)13-10;/h7,12H,2-6,8H2,1H3;1H. The van der Waals surface area contributed by atoms with Gasteiger partial charge in [0.05, 0.1) is 12.3 Å². The van der Waals surface area contributed by atoms with Crippen LogP contribution in [0.15, 0.2) is 6.07 Å². The van der Waals surface area contributed by atoms with Crippen molar-refractivity contribution in [3.8, 4) is 0 Å². The minimum absolute atomic E-state index is 0. The van der Waals surface area contributed by atoms with Crippen molar-refractivity contribution < 1.29 is 9.53 Å². The van der Waals surface area contributed by atoms with Crippen LogP contribution in [0, 0.1) is 0 Å². The first kappa shape index (κ1) is 14.0. The Labute approximate surface area is 107 Å². The highest BCUT2D eigenvalue weighted by atomic mass is 35.5. The van der Waals surface area contributed by atoms with Crippen molar-refractivity contribution >= 4 is 18.4 Å². The van der Waals surface area contributed by atoms with E-state index in [2.05, 4.69) is 10.4 Å². The maximum Gasteiger partial charge on any atom is 0.358 e. The molecule has 0 saturated carbocycles. The molecule has 0 atom stereocenters. The van der Waals surface area contributed by atoms with Gasteiger partial charge in [-0.25, -0.2) is 4.79 Å². The molecule has 0 aromatic carbocycles. The number of hydrogen-bond acceptors (Lipinski definition) is 4. The molecule has 0 fully saturated rings. The van der Waals surface area contributed by atoms with Gasteiger partial charge in [0.15, 0.2) is 5.69 Å². The Kier molecular flexibility index (Phi) is 5.44. The van der Waals surface area contributed by atoms with Crippen molar-refractivity contribution in [1.29, 1.82) is 0 Å². The van der Waals surface area contributed by atoms with Crippen molar-refractivity contribution in [1.82, 2.24) is 15.1 Å². The Balaban J connectivity index is 0.00000144. The Hall–Kier alpha value is -1.07. The minimum atomic E-state index is -0.332. The van der Waals surface area contributed by atoms with Gasteiger partial charge in [0.25, 0.3) is 0 Å². The van der Waals surface area contributed by atoms with Crippen molar-refractivity contribution in [2.24, 2.45) is 0 Å². The molecule has 96 valence electrons. The molecular formula is C11H18ClN3O2. The summed E-state index contributed by atoms with van der Waals surface area (Å²) >= 11 is 0. The maximum atomic E-state index is 11.5. The van der Waals surface area contributed by atoms with E-state index in [0.29, 0.717) is 12.3 Å². The number of aromatic nitrogens is 2. The van der Waals surface area contributed by atoms with Crippen molar-refractivity contribution in [2.45, 2.75) is 32.9 Å². The van der Waals surface area contributed by atoms with E-state index in [4.69, 9.17) is 4.74 Å². The first-order valence-corrected chi connectivity index (χ1v) is 5.76. The Morgan fingerprint density at radius 3 is 3.18 bits per heavy atom. The van der Waals surface area contributed by atoms with E-state index in [-0.39, 0.29) is 18.4 Å². The highest BCUT2D eigenvalue weighted by molar-refractivity contribution is 5.87. The molecule has 1 N–H and O–H groups in total. The van der Waals surface area contributed by atoms with Gasteiger partial charge in [-0.2, -0.15) is 5.10 Å². The molecule has 1 aromatic heterocycles. The smallest absolute Gasteiger partial charge is 0.358 e. The zero-order valence-electron chi connectivity index (χ0n) is 9.94. The van der Waals surface area contributed by atoms with E-state index in [9.17, 15) is 4.79 Å². The predicted octanol–water partition coefficient (Wildman–Crippen LogP) is 1.36. The van der Waals surface area contributed by atoms with Gasteiger partial charge in [0.1, 0.15) is 0 Å². The summed E-state index contributed by atoms with van der Waals surface area (Å²) in [6, 6.07) is 1.82. The largest absolute Gasteiger partial charge is 0.461 e. The van der Waals surface area contributed by atoms with Crippen LogP contribution in [0.2, 0.25) is 0 Å². The second-order valence-corrected chi connectivity index (χ2v) is 3.85. The number of halogens is 1. The number of carbonyl (C=O) groups excluding carboxylic acids is 1. The third kappa shape index (κ3) is 3.44. The van der Waals surface area contributed by atoms with Gasteiger partial charge in [0, 0.05) is 13.1 Å². The summed E-state index contributed by atoms with van der Waals surface area (Å²) < 4.78 is 6.83. The highest BCUT2D eigenvalue weighted by Gasteiger charge is 2.15. The number of esters is 1. The van der Waals surface area contributed by atoms with Gasteiger partial charge < -0.3 is 10.1 Å². The molecule has 5 nitrogen and oxygen atoms in total. The second kappa shape index (κ2) is 6.61. The van der Waals surface area contributed by atoms with Crippen LogP contribution in [0.3, 0.4) is 0 Å². The topological polar surface area (TPSA) is 56.2 Å². The SMILES string of the molecule is CCOC(=O)c1cc2n(n1)CCCCNC2.Cl. The van der Waals surface area contributed by atoms with E-state index >= 15 is 0 Å². The lowest BCUT2D eigenvalue weighted by atomic mass is 10.2. The number of nitrogens with one attached hydrogen (secondary N) is 1. The van der Waals surface area contributed by atoms with Crippen LogP contribution >= 0.6 is 12.4 Å². The van der Waals surface area contributed by atoms with Crippen LogP contribution in [0.4, 0.5) is 0 Å². The number of carbonyl (C=O) groups is 1. The van der Waals surface area contributed by atoms with E-state index in [1.54, 1.807) is 6.92 Å². The fourth-order valence-electron chi connectivity index (χ4n) is 1.82. The summed E-state index contributed by atoms with van der Waals surface area (Å²) in [4.78, 5) is 11.5. The third-order valence-corrected chi connectivity index (χ3v) is 2.63. The quantitative estimate of drug-likeness (QED) is 0.815. The van der Waals surface area contributed by atoms with Crippen molar-refractivity contribution in [3.63, 3.8) is 0 Å². The molecule has 2 rings (SSSR count). The molecule has 1 aliphatic heterocycles. The molecule has 0 amide bonds. The zero-order valence-corrected chi connectivity index (χ0v) is 10.8. The average molecular weight is 260 g/mol. The normalized spacial score (nSPS) is 15.1. The summed E-state index contributed by atoms with van der Waals surface area (Å²) in [5.41, 5.74) is 1.48. The molecular weight excluding hydrogens is 242 g/mol. The molecule has 17 heavy (non-hydrogen) atoms. The molecule has 0 saturated heterocycles. The number of hydrogen-bond donors (Lipinski definition) is 1. The van der Waals surface area contributed by atoms with Crippen LogP contribution in [0.5, 0.6) is 0 Å². The minimum Gasteiger partial charge on any atom is -0.461 e. The number of fused-ring (bicyclic) bond motifs is 1. The number of nitrogens with zero attached hydrogens (tertiary/aromatic N) is 2. The highest BCUT2D eigenvalue weighted by Crippen LogP contribution is 2.09. The summed E-state index contributed by atoms with van der Waals surface area (Å²) in [5, 5.41) is 7.59.